The lowest BCUT2D eigenvalue weighted by Gasteiger charge is -2.09. The van der Waals surface area contributed by atoms with E-state index >= 15 is 0 Å². The molecule has 0 aromatic heterocycles. The number of amides is 2. The van der Waals surface area contributed by atoms with Crippen molar-refractivity contribution in [3.63, 3.8) is 0 Å². The van der Waals surface area contributed by atoms with E-state index in [1.807, 2.05) is 0 Å². The van der Waals surface area contributed by atoms with Crippen molar-refractivity contribution in [1.82, 2.24) is 10.7 Å². The summed E-state index contributed by atoms with van der Waals surface area (Å²) in [6.07, 6.45) is 2.38. The van der Waals surface area contributed by atoms with Gasteiger partial charge in [0.05, 0.1) is 22.8 Å². The first-order valence-electron chi connectivity index (χ1n) is 9.52. The molecule has 0 aliphatic rings. The Morgan fingerprint density at radius 1 is 0.939 bits per heavy atom. The van der Waals surface area contributed by atoms with Crippen molar-refractivity contribution in [2.45, 2.75) is 0 Å². The van der Waals surface area contributed by atoms with Crippen LogP contribution in [0.5, 0.6) is 11.5 Å². The van der Waals surface area contributed by atoms with Gasteiger partial charge in [0.2, 0.25) is 0 Å². The van der Waals surface area contributed by atoms with E-state index in [0.717, 1.165) is 18.3 Å². The molecule has 10 heteroatoms. The van der Waals surface area contributed by atoms with Crippen LogP contribution < -0.4 is 10.7 Å². The molecule has 0 saturated heterocycles. The molecule has 0 atom stereocenters. The lowest BCUT2D eigenvalue weighted by Crippen LogP contribution is -2.32. The summed E-state index contributed by atoms with van der Waals surface area (Å²) in [4.78, 5) is 35.6. The van der Waals surface area contributed by atoms with Gasteiger partial charge < -0.3 is 15.5 Å². The van der Waals surface area contributed by atoms with Crippen molar-refractivity contribution >= 4 is 29.8 Å². The van der Waals surface area contributed by atoms with Crippen molar-refractivity contribution in [3.8, 4) is 11.5 Å². The minimum atomic E-state index is -0.787. The Labute approximate surface area is 187 Å². The van der Waals surface area contributed by atoms with E-state index in [1.165, 1.54) is 6.08 Å². The van der Waals surface area contributed by atoms with Crippen molar-refractivity contribution in [2.24, 2.45) is 5.10 Å². The lowest BCUT2D eigenvalue weighted by molar-refractivity contribution is -0.385. The topological polar surface area (TPSA) is 154 Å². The SMILES string of the molecule is O=C(N/N=C\c1cc(O)c(O)cc1[N+](=O)[O-])/C(=C\c1ccccc1)NC(=O)c1ccccc1. The van der Waals surface area contributed by atoms with Crippen LogP contribution in [-0.4, -0.2) is 33.2 Å². The van der Waals surface area contributed by atoms with Gasteiger partial charge in [0.1, 0.15) is 5.70 Å². The largest absolute Gasteiger partial charge is 0.504 e. The highest BCUT2D eigenvalue weighted by molar-refractivity contribution is 6.05. The molecular weight excluding hydrogens is 428 g/mol. The maximum absolute atomic E-state index is 12.7. The summed E-state index contributed by atoms with van der Waals surface area (Å²) in [5, 5.41) is 36.4. The maximum atomic E-state index is 12.7. The molecule has 3 aromatic rings. The van der Waals surface area contributed by atoms with E-state index in [4.69, 9.17) is 0 Å². The van der Waals surface area contributed by atoms with Crippen LogP contribution in [0.4, 0.5) is 5.69 Å². The summed E-state index contributed by atoms with van der Waals surface area (Å²) in [7, 11) is 0. The molecule has 0 fully saturated rings. The number of phenols is 2. The van der Waals surface area contributed by atoms with E-state index in [1.54, 1.807) is 60.7 Å². The van der Waals surface area contributed by atoms with Crippen LogP contribution in [-0.2, 0) is 4.79 Å². The third-order valence-electron chi connectivity index (χ3n) is 4.33. The van der Waals surface area contributed by atoms with E-state index in [2.05, 4.69) is 15.8 Å². The first-order chi connectivity index (χ1) is 15.8. The first-order valence-corrected chi connectivity index (χ1v) is 9.52. The predicted molar refractivity (Wildman–Crippen MR) is 120 cm³/mol. The average Bonchev–Trinajstić information content (AvgIpc) is 2.81. The molecule has 10 nitrogen and oxygen atoms in total. The Balaban J connectivity index is 1.84. The van der Waals surface area contributed by atoms with Crippen LogP contribution in [0.3, 0.4) is 0 Å². The highest BCUT2D eigenvalue weighted by Gasteiger charge is 2.17. The van der Waals surface area contributed by atoms with Gasteiger partial charge in [-0.2, -0.15) is 5.10 Å². The molecular formula is C23H18N4O6. The van der Waals surface area contributed by atoms with Crippen molar-refractivity contribution < 1.29 is 24.7 Å². The van der Waals surface area contributed by atoms with Crippen LogP contribution in [0.2, 0.25) is 0 Å². The number of phenolic OH excluding ortho intramolecular Hbond substituents is 2. The van der Waals surface area contributed by atoms with Gasteiger partial charge in [-0.15, -0.1) is 0 Å². The van der Waals surface area contributed by atoms with Gasteiger partial charge in [-0.1, -0.05) is 48.5 Å². The smallest absolute Gasteiger partial charge is 0.287 e. The molecule has 166 valence electrons. The van der Waals surface area contributed by atoms with Gasteiger partial charge in [-0.05, 0) is 29.8 Å². The second kappa shape index (κ2) is 10.4. The molecule has 3 rings (SSSR count). The molecule has 0 saturated carbocycles. The highest BCUT2D eigenvalue weighted by atomic mass is 16.6. The van der Waals surface area contributed by atoms with Gasteiger partial charge in [-0.25, -0.2) is 5.43 Å². The molecule has 0 aliphatic carbocycles. The zero-order valence-electron chi connectivity index (χ0n) is 17.0. The van der Waals surface area contributed by atoms with Crippen LogP contribution >= 0.6 is 0 Å². The monoisotopic (exact) mass is 446 g/mol. The Hall–Kier alpha value is -4.99. The number of hydrogen-bond acceptors (Lipinski definition) is 7. The number of nitrogens with zero attached hydrogens (tertiary/aromatic N) is 2. The summed E-state index contributed by atoms with van der Waals surface area (Å²) < 4.78 is 0. The number of hydrogen-bond donors (Lipinski definition) is 4. The fraction of sp³-hybridized carbons (Fsp3) is 0. The number of benzene rings is 3. The number of carbonyl (C=O) groups excluding carboxylic acids is 2. The molecule has 0 radical (unpaired) electrons. The first kappa shape index (κ1) is 22.7. The fourth-order valence-corrected chi connectivity index (χ4v) is 2.72. The normalized spacial score (nSPS) is 11.2. The fourth-order valence-electron chi connectivity index (χ4n) is 2.72. The van der Waals surface area contributed by atoms with Crippen LogP contribution in [0.1, 0.15) is 21.5 Å². The van der Waals surface area contributed by atoms with Gasteiger partial charge in [0.15, 0.2) is 11.5 Å². The predicted octanol–water partition coefficient (Wildman–Crippen LogP) is 2.93. The van der Waals surface area contributed by atoms with E-state index in [-0.39, 0.29) is 11.3 Å². The number of nitrogens with one attached hydrogen (secondary N) is 2. The number of hydrazone groups is 1. The van der Waals surface area contributed by atoms with Gasteiger partial charge >= 0.3 is 0 Å². The van der Waals surface area contributed by atoms with Crippen LogP contribution in [0.25, 0.3) is 6.08 Å². The molecule has 4 N–H and O–H groups in total. The number of carbonyl (C=O) groups is 2. The number of nitro groups is 1. The number of nitro benzene ring substituents is 1. The average molecular weight is 446 g/mol. The zero-order chi connectivity index (χ0) is 23.8. The lowest BCUT2D eigenvalue weighted by atomic mass is 10.1. The zero-order valence-corrected chi connectivity index (χ0v) is 17.0. The van der Waals surface area contributed by atoms with Crippen molar-refractivity contribution in [1.29, 1.82) is 0 Å². The third-order valence-corrected chi connectivity index (χ3v) is 4.33. The highest BCUT2D eigenvalue weighted by Crippen LogP contribution is 2.31. The molecule has 0 unspecified atom stereocenters. The number of aromatic hydroxyl groups is 2. The van der Waals surface area contributed by atoms with Crippen molar-refractivity contribution in [2.75, 3.05) is 0 Å². The Bertz CT molecular complexity index is 1240. The van der Waals surface area contributed by atoms with Gasteiger partial charge in [0.25, 0.3) is 17.5 Å². The van der Waals surface area contributed by atoms with E-state index in [9.17, 15) is 29.9 Å². The van der Waals surface area contributed by atoms with Crippen LogP contribution in [0, 0.1) is 10.1 Å². The molecule has 0 heterocycles. The maximum Gasteiger partial charge on any atom is 0.287 e. The molecule has 2 amide bonds. The molecule has 0 aliphatic heterocycles. The second-order valence-corrected chi connectivity index (χ2v) is 6.64. The quantitative estimate of drug-likeness (QED) is 0.144. The number of rotatable bonds is 7. The third kappa shape index (κ3) is 6.01. The van der Waals surface area contributed by atoms with Gasteiger partial charge in [-0.3, -0.25) is 19.7 Å². The van der Waals surface area contributed by atoms with Gasteiger partial charge in [0, 0.05) is 5.56 Å². The summed E-state index contributed by atoms with van der Waals surface area (Å²) in [5.74, 6) is -2.56. The second-order valence-electron chi connectivity index (χ2n) is 6.64. The molecule has 0 bridgehead atoms. The Morgan fingerprint density at radius 2 is 1.55 bits per heavy atom. The Kier molecular flexibility index (Phi) is 7.12. The summed E-state index contributed by atoms with van der Waals surface area (Å²) in [6.45, 7) is 0. The van der Waals surface area contributed by atoms with Crippen LogP contribution in [0.15, 0.2) is 83.6 Å². The standard InChI is InChI=1S/C23H18N4O6/c28-20-12-17(19(27(32)33)13-21(20)29)14-24-26-23(31)18(11-15-7-3-1-4-8-15)25-22(30)16-9-5-2-6-10-16/h1-14,28-29H,(H,25,30)(H,26,31)/b18-11+,24-14-. The summed E-state index contributed by atoms with van der Waals surface area (Å²) >= 11 is 0. The molecule has 0 spiro atoms. The van der Waals surface area contributed by atoms with E-state index < -0.39 is 33.9 Å². The molecule has 33 heavy (non-hydrogen) atoms. The minimum absolute atomic E-state index is 0.116. The Morgan fingerprint density at radius 3 is 2.18 bits per heavy atom. The minimum Gasteiger partial charge on any atom is -0.504 e. The summed E-state index contributed by atoms with van der Waals surface area (Å²) in [5.41, 5.74) is 2.37. The van der Waals surface area contributed by atoms with Crippen molar-refractivity contribution in [3.05, 3.63) is 105 Å². The molecule has 3 aromatic carbocycles. The summed E-state index contributed by atoms with van der Waals surface area (Å²) in [6, 6.07) is 18.7. The van der Waals surface area contributed by atoms with E-state index in [0.29, 0.717) is 11.1 Å².